The third-order valence-corrected chi connectivity index (χ3v) is 7.29. The normalized spacial score (nSPS) is 15.3. The predicted octanol–water partition coefficient (Wildman–Crippen LogP) is 2.35. The van der Waals surface area contributed by atoms with Gasteiger partial charge in [-0.3, -0.25) is 24.1 Å². The summed E-state index contributed by atoms with van der Waals surface area (Å²) in [6, 6.07) is 15.4. The average Bonchev–Trinajstić information content (AvgIpc) is 3.37. The molecule has 202 valence electrons. The third-order valence-electron chi connectivity index (χ3n) is 7.29. The van der Waals surface area contributed by atoms with Gasteiger partial charge in [0.05, 0.1) is 30.8 Å². The lowest BCUT2D eigenvalue weighted by Crippen LogP contribution is -2.44. The first kappa shape index (κ1) is 25.5. The summed E-state index contributed by atoms with van der Waals surface area (Å²) >= 11 is 0. The predicted molar refractivity (Wildman–Crippen MR) is 155 cm³/mol. The van der Waals surface area contributed by atoms with E-state index >= 15 is 0 Å². The monoisotopic (exact) mass is 534 g/mol. The number of anilines is 1. The van der Waals surface area contributed by atoms with Crippen molar-refractivity contribution in [1.82, 2.24) is 28.9 Å². The largest absolute Gasteiger partial charge is 0.341 e. The van der Waals surface area contributed by atoms with E-state index in [1.165, 1.54) is 9.36 Å². The van der Waals surface area contributed by atoms with Crippen molar-refractivity contribution >= 4 is 27.9 Å². The van der Waals surface area contributed by atoms with Gasteiger partial charge in [-0.2, -0.15) is 0 Å². The maximum absolute atomic E-state index is 14.3. The Bertz CT molecular complexity index is 1880. The molecule has 0 unspecified atom stereocenters. The van der Waals surface area contributed by atoms with Crippen LogP contribution in [0.1, 0.15) is 31.0 Å². The lowest BCUT2D eigenvalue weighted by molar-refractivity contribution is 0.466. The zero-order valence-corrected chi connectivity index (χ0v) is 22.3. The number of pyridine rings is 2. The van der Waals surface area contributed by atoms with Gasteiger partial charge in [-0.15, -0.1) is 5.92 Å². The summed E-state index contributed by atoms with van der Waals surface area (Å²) in [6.45, 7) is 3.61. The SMILES string of the molecule is CC#CCn1c(N2CCC[C@@H](N)C2)nc2c(=O)n(Cc3cccnc3)n(Cc3ccc4ccccc4n3)c(=O)c21. The lowest BCUT2D eigenvalue weighted by Gasteiger charge is -2.31. The number of rotatable bonds is 6. The maximum atomic E-state index is 14.3. The van der Waals surface area contributed by atoms with Gasteiger partial charge in [0.25, 0.3) is 11.1 Å². The topological polar surface area (TPSA) is 117 Å². The zero-order valence-electron chi connectivity index (χ0n) is 22.3. The summed E-state index contributed by atoms with van der Waals surface area (Å²) in [6.07, 6.45) is 5.20. The Morgan fingerprint density at radius 1 is 1.00 bits per heavy atom. The van der Waals surface area contributed by atoms with Crippen LogP contribution in [-0.2, 0) is 19.6 Å². The van der Waals surface area contributed by atoms with E-state index in [0.29, 0.717) is 18.2 Å². The Morgan fingerprint density at radius 3 is 2.65 bits per heavy atom. The van der Waals surface area contributed by atoms with E-state index in [2.05, 4.69) is 21.7 Å². The molecular formula is C30H30N8O2. The van der Waals surface area contributed by atoms with E-state index < -0.39 is 0 Å². The molecule has 0 spiro atoms. The van der Waals surface area contributed by atoms with Gasteiger partial charge in [-0.1, -0.05) is 36.3 Å². The van der Waals surface area contributed by atoms with Gasteiger partial charge in [0.2, 0.25) is 5.95 Å². The van der Waals surface area contributed by atoms with Crippen molar-refractivity contribution in [2.45, 2.75) is 45.4 Å². The lowest BCUT2D eigenvalue weighted by atomic mass is 10.1. The molecular weight excluding hydrogens is 504 g/mol. The van der Waals surface area contributed by atoms with E-state index in [0.717, 1.165) is 35.9 Å². The van der Waals surface area contributed by atoms with Gasteiger partial charge < -0.3 is 10.6 Å². The van der Waals surface area contributed by atoms with Gasteiger partial charge >= 0.3 is 0 Å². The van der Waals surface area contributed by atoms with Crippen molar-refractivity contribution in [2.75, 3.05) is 18.0 Å². The van der Waals surface area contributed by atoms with Gasteiger partial charge in [-0.25, -0.2) is 14.3 Å². The Kier molecular flexibility index (Phi) is 6.88. The van der Waals surface area contributed by atoms with Crippen LogP contribution in [0.3, 0.4) is 0 Å². The molecule has 1 saturated heterocycles. The Hall–Kier alpha value is -4.75. The minimum atomic E-state index is -0.356. The molecule has 0 aliphatic carbocycles. The number of benzene rings is 1. The highest BCUT2D eigenvalue weighted by Gasteiger charge is 2.27. The van der Waals surface area contributed by atoms with E-state index in [4.69, 9.17) is 15.7 Å². The summed E-state index contributed by atoms with van der Waals surface area (Å²) in [5.41, 5.74) is 8.24. The second kappa shape index (κ2) is 10.8. The number of nitrogens with two attached hydrogens (primary N) is 1. The van der Waals surface area contributed by atoms with Crippen LogP contribution in [0.5, 0.6) is 0 Å². The summed E-state index contributed by atoms with van der Waals surface area (Å²) in [5, 5.41) is 1.00. The molecule has 10 nitrogen and oxygen atoms in total. The van der Waals surface area contributed by atoms with E-state index in [1.54, 1.807) is 23.9 Å². The minimum Gasteiger partial charge on any atom is -0.341 e. The fourth-order valence-corrected chi connectivity index (χ4v) is 5.34. The van der Waals surface area contributed by atoms with Crippen LogP contribution < -0.4 is 21.8 Å². The summed E-state index contributed by atoms with van der Waals surface area (Å²) in [7, 11) is 0. The first-order valence-electron chi connectivity index (χ1n) is 13.4. The van der Waals surface area contributed by atoms with Gasteiger partial charge in [0.1, 0.15) is 5.52 Å². The van der Waals surface area contributed by atoms with Gasteiger partial charge in [0, 0.05) is 36.9 Å². The maximum Gasteiger partial charge on any atom is 0.293 e. The Balaban J connectivity index is 1.57. The first-order chi connectivity index (χ1) is 19.5. The van der Waals surface area contributed by atoms with Crippen LogP contribution in [0.2, 0.25) is 0 Å². The zero-order chi connectivity index (χ0) is 27.6. The number of hydrogen-bond acceptors (Lipinski definition) is 7. The van der Waals surface area contributed by atoms with Gasteiger partial charge in [-0.05, 0) is 43.5 Å². The van der Waals surface area contributed by atoms with Crippen molar-refractivity contribution in [1.29, 1.82) is 0 Å². The van der Waals surface area contributed by atoms with Crippen molar-refractivity contribution in [3.8, 4) is 11.8 Å². The standard InChI is InChI=1S/C30H30N8O2/c1-2-3-16-36-27-26(34-30(36)35-15-7-10-23(31)19-35)28(39)37(18-21-8-6-14-32-17-21)38(29(27)40)20-24-13-12-22-9-4-5-11-25(22)33-24/h4-6,8-9,11-14,17,23H,7,10,15-16,18-20,31H2,1H3/t23-/m1/s1. The quantitative estimate of drug-likeness (QED) is 0.333. The molecule has 0 radical (unpaired) electrons. The van der Waals surface area contributed by atoms with Crippen LogP contribution in [0.25, 0.3) is 21.9 Å². The Labute approximate surface area is 230 Å². The molecule has 4 aromatic heterocycles. The number of nitrogens with zero attached hydrogens (tertiary/aromatic N) is 7. The number of hydrogen-bond donors (Lipinski definition) is 1. The molecule has 40 heavy (non-hydrogen) atoms. The van der Waals surface area contributed by atoms with Crippen LogP contribution >= 0.6 is 0 Å². The van der Waals surface area contributed by atoms with Crippen LogP contribution in [-0.4, -0.2) is 48.0 Å². The molecule has 0 saturated carbocycles. The fourth-order valence-electron chi connectivity index (χ4n) is 5.34. The van der Waals surface area contributed by atoms with Crippen molar-refractivity contribution in [3.63, 3.8) is 0 Å². The number of fused-ring (bicyclic) bond motifs is 2. The highest BCUT2D eigenvalue weighted by Crippen LogP contribution is 2.22. The molecule has 5 aromatic rings. The molecule has 1 aliphatic heterocycles. The number of piperidine rings is 1. The van der Waals surface area contributed by atoms with Crippen molar-refractivity contribution in [2.24, 2.45) is 5.73 Å². The van der Waals surface area contributed by atoms with E-state index in [1.807, 2.05) is 48.5 Å². The first-order valence-corrected chi connectivity index (χ1v) is 13.4. The molecule has 6 rings (SSSR count). The fraction of sp³-hybridized carbons (Fsp3) is 0.300. The second-order valence-electron chi connectivity index (χ2n) is 10.1. The number of para-hydroxylation sites is 1. The van der Waals surface area contributed by atoms with Crippen molar-refractivity contribution in [3.05, 3.63) is 92.9 Å². The van der Waals surface area contributed by atoms with Crippen LogP contribution in [0, 0.1) is 11.8 Å². The molecule has 5 heterocycles. The summed E-state index contributed by atoms with van der Waals surface area (Å²) in [4.78, 5) is 44.2. The molecule has 0 bridgehead atoms. The highest BCUT2D eigenvalue weighted by molar-refractivity contribution is 5.79. The molecule has 1 fully saturated rings. The Morgan fingerprint density at radius 2 is 1.85 bits per heavy atom. The minimum absolute atomic E-state index is 0.00264. The molecule has 1 aromatic carbocycles. The molecule has 1 atom stereocenters. The summed E-state index contributed by atoms with van der Waals surface area (Å²) in [5.74, 6) is 6.52. The molecule has 1 aliphatic rings. The molecule has 2 N–H and O–H groups in total. The van der Waals surface area contributed by atoms with Crippen molar-refractivity contribution < 1.29 is 0 Å². The van der Waals surface area contributed by atoms with E-state index in [-0.39, 0.29) is 47.8 Å². The number of imidazole rings is 1. The van der Waals surface area contributed by atoms with Crippen LogP contribution in [0.15, 0.2) is 70.5 Å². The highest BCUT2D eigenvalue weighted by atomic mass is 16.2. The van der Waals surface area contributed by atoms with E-state index in [9.17, 15) is 9.59 Å². The van der Waals surface area contributed by atoms with Gasteiger partial charge in [0.15, 0.2) is 5.52 Å². The smallest absolute Gasteiger partial charge is 0.293 e. The molecule has 10 heteroatoms. The average molecular weight is 535 g/mol. The van der Waals surface area contributed by atoms with Crippen LogP contribution in [0.4, 0.5) is 5.95 Å². The second-order valence-corrected chi connectivity index (χ2v) is 10.1. The third kappa shape index (κ3) is 4.76. The number of aromatic nitrogens is 6. The molecule has 0 amide bonds. The summed E-state index contributed by atoms with van der Waals surface area (Å²) < 4.78 is 4.69.